The van der Waals surface area contributed by atoms with Crippen LogP contribution in [0.15, 0.2) is 42.5 Å². The van der Waals surface area contributed by atoms with Crippen LogP contribution in [0.25, 0.3) is 10.8 Å². The number of benzene rings is 2. The topological polar surface area (TPSA) is 43.7 Å². The summed E-state index contributed by atoms with van der Waals surface area (Å²) in [7, 11) is 0. The molecule has 0 aliphatic rings. The smallest absolute Gasteiger partial charge is 0.0664 e. The lowest BCUT2D eigenvalue weighted by Crippen LogP contribution is -2.48. The van der Waals surface area contributed by atoms with Gasteiger partial charge in [0.05, 0.1) is 12.2 Å². The first-order chi connectivity index (χ1) is 10.4. The maximum atomic E-state index is 9.95. The first kappa shape index (κ1) is 16.9. The summed E-state index contributed by atoms with van der Waals surface area (Å²) in [4.78, 5) is 2.17. The molecule has 2 aromatic carbocycles. The molecule has 0 bridgehead atoms. The van der Waals surface area contributed by atoms with Gasteiger partial charge in [0.25, 0.3) is 0 Å². The van der Waals surface area contributed by atoms with Crippen LogP contribution in [-0.2, 0) is 6.54 Å². The van der Waals surface area contributed by atoms with Crippen molar-refractivity contribution in [1.82, 2.24) is 4.90 Å². The Morgan fingerprint density at radius 3 is 1.91 bits per heavy atom. The van der Waals surface area contributed by atoms with E-state index in [0.29, 0.717) is 6.54 Å². The molecule has 4 unspecified atom stereocenters. The molecule has 0 radical (unpaired) electrons. The molecular formula is C19H27NO2. The van der Waals surface area contributed by atoms with Gasteiger partial charge in [-0.05, 0) is 50.1 Å². The molecule has 2 aromatic rings. The second-order valence-corrected chi connectivity index (χ2v) is 6.32. The van der Waals surface area contributed by atoms with Gasteiger partial charge in [-0.1, -0.05) is 36.4 Å². The monoisotopic (exact) mass is 301 g/mol. The van der Waals surface area contributed by atoms with Crippen LogP contribution in [-0.4, -0.2) is 39.4 Å². The molecule has 0 aromatic heterocycles. The fourth-order valence-corrected chi connectivity index (χ4v) is 2.76. The van der Waals surface area contributed by atoms with Crippen LogP contribution in [0.4, 0.5) is 0 Å². The summed E-state index contributed by atoms with van der Waals surface area (Å²) in [6.45, 7) is 8.32. The molecule has 3 heteroatoms. The van der Waals surface area contributed by atoms with Crippen molar-refractivity contribution in [3.63, 3.8) is 0 Å². The number of fused-ring (bicyclic) bond motifs is 1. The summed E-state index contributed by atoms with van der Waals surface area (Å²) < 4.78 is 0. The minimum atomic E-state index is -0.443. The molecule has 0 fully saturated rings. The zero-order valence-electron chi connectivity index (χ0n) is 13.9. The van der Waals surface area contributed by atoms with Gasteiger partial charge >= 0.3 is 0 Å². The van der Waals surface area contributed by atoms with Crippen LogP contribution in [0, 0.1) is 0 Å². The fourth-order valence-electron chi connectivity index (χ4n) is 2.76. The molecule has 0 saturated heterocycles. The van der Waals surface area contributed by atoms with Gasteiger partial charge in [-0.15, -0.1) is 0 Å². The molecular weight excluding hydrogens is 274 g/mol. The Morgan fingerprint density at radius 1 is 0.818 bits per heavy atom. The van der Waals surface area contributed by atoms with Gasteiger partial charge in [-0.25, -0.2) is 0 Å². The van der Waals surface area contributed by atoms with Crippen LogP contribution in [0.2, 0.25) is 0 Å². The van der Waals surface area contributed by atoms with Crippen molar-refractivity contribution in [2.75, 3.05) is 0 Å². The zero-order valence-corrected chi connectivity index (χ0v) is 13.9. The Kier molecular flexibility index (Phi) is 5.57. The predicted molar refractivity (Wildman–Crippen MR) is 91.8 cm³/mol. The third-order valence-corrected chi connectivity index (χ3v) is 4.62. The lowest BCUT2D eigenvalue weighted by molar-refractivity contribution is -0.00226. The van der Waals surface area contributed by atoms with Gasteiger partial charge < -0.3 is 10.2 Å². The Labute approximate surface area is 133 Å². The first-order valence-electron chi connectivity index (χ1n) is 7.99. The SMILES string of the molecule is CC(O)C(C)N(Cc1ccc2ccccc2c1)C(C)C(C)O. The van der Waals surface area contributed by atoms with Crippen molar-refractivity contribution >= 4 is 10.8 Å². The van der Waals surface area contributed by atoms with Gasteiger partial charge in [-0.3, -0.25) is 4.90 Å². The van der Waals surface area contributed by atoms with E-state index in [2.05, 4.69) is 35.2 Å². The molecule has 4 atom stereocenters. The first-order valence-corrected chi connectivity index (χ1v) is 7.99. The molecule has 0 spiro atoms. The molecule has 120 valence electrons. The molecule has 22 heavy (non-hydrogen) atoms. The van der Waals surface area contributed by atoms with Crippen molar-refractivity contribution in [1.29, 1.82) is 0 Å². The van der Waals surface area contributed by atoms with E-state index in [1.165, 1.54) is 16.3 Å². The van der Waals surface area contributed by atoms with Crippen LogP contribution >= 0.6 is 0 Å². The number of hydrogen-bond acceptors (Lipinski definition) is 3. The number of hydrogen-bond donors (Lipinski definition) is 2. The van der Waals surface area contributed by atoms with Crippen molar-refractivity contribution in [2.45, 2.75) is 58.5 Å². The van der Waals surface area contributed by atoms with Gasteiger partial charge in [0, 0.05) is 18.6 Å². The summed E-state index contributed by atoms with van der Waals surface area (Å²) in [6, 6.07) is 14.7. The van der Waals surface area contributed by atoms with Crippen molar-refractivity contribution < 1.29 is 10.2 Å². The largest absolute Gasteiger partial charge is 0.392 e. The molecule has 3 nitrogen and oxygen atoms in total. The van der Waals surface area contributed by atoms with Crippen LogP contribution in [0.3, 0.4) is 0 Å². The summed E-state index contributed by atoms with van der Waals surface area (Å²) in [6.07, 6.45) is -0.886. The molecule has 0 aliphatic carbocycles. The molecule has 2 rings (SSSR count). The number of aliphatic hydroxyl groups is 2. The van der Waals surface area contributed by atoms with Crippen LogP contribution < -0.4 is 0 Å². The third kappa shape index (κ3) is 3.86. The second kappa shape index (κ2) is 7.23. The molecule has 0 aliphatic heterocycles. The normalized spacial score (nSPS) is 17.4. The Hall–Kier alpha value is -1.42. The van der Waals surface area contributed by atoms with Crippen molar-refractivity contribution in [3.8, 4) is 0 Å². The summed E-state index contributed by atoms with van der Waals surface area (Å²) in [5.41, 5.74) is 1.19. The van der Waals surface area contributed by atoms with Crippen molar-refractivity contribution in [3.05, 3.63) is 48.0 Å². The maximum Gasteiger partial charge on any atom is 0.0664 e. The highest BCUT2D eigenvalue weighted by molar-refractivity contribution is 5.82. The van der Waals surface area contributed by atoms with Gasteiger partial charge in [0.1, 0.15) is 0 Å². The molecule has 2 N–H and O–H groups in total. The van der Waals surface area contributed by atoms with Crippen LogP contribution in [0.5, 0.6) is 0 Å². The summed E-state index contributed by atoms with van der Waals surface area (Å²) in [5, 5.41) is 22.3. The van der Waals surface area contributed by atoms with E-state index >= 15 is 0 Å². The van der Waals surface area contributed by atoms with E-state index in [0.717, 1.165) is 0 Å². The average molecular weight is 301 g/mol. The number of nitrogens with zero attached hydrogens (tertiary/aromatic N) is 1. The lowest BCUT2D eigenvalue weighted by Gasteiger charge is -2.37. The van der Waals surface area contributed by atoms with Gasteiger partial charge in [0.2, 0.25) is 0 Å². The predicted octanol–water partition coefficient (Wildman–Crippen LogP) is 3.18. The Bertz CT molecular complexity index is 595. The highest BCUT2D eigenvalue weighted by Crippen LogP contribution is 2.20. The van der Waals surface area contributed by atoms with E-state index in [1.807, 2.05) is 26.0 Å². The van der Waals surface area contributed by atoms with E-state index in [1.54, 1.807) is 13.8 Å². The molecule has 0 saturated carbocycles. The molecule has 0 amide bonds. The summed E-state index contributed by atoms with van der Waals surface area (Å²) >= 11 is 0. The van der Waals surface area contributed by atoms with Gasteiger partial charge in [0.15, 0.2) is 0 Å². The number of aliphatic hydroxyl groups excluding tert-OH is 2. The maximum absolute atomic E-state index is 9.95. The molecule has 0 heterocycles. The summed E-state index contributed by atoms with van der Waals surface area (Å²) in [5.74, 6) is 0. The zero-order chi connectivity index (χ0) is 16.3. The van der Waals surface area contributed by atoms with E-state index < -0.39 is 12.2 Å². The van der Waals surface area contributed by atoms with Crippen LogP contribution in [0.1, 0.15) is 33.3 Å². The highest BCUT2D eigenvalue weighted by Gasteiger charge is 2.26. The number of rotatable bonds is 6. The minimum Gasteiger partial charge on any atom is -0.392 e. The average Bonchev–Trinajstić information content (AvgIpc) is 2.50. The Balaban J connectivity index is 2.27. The highest BCUT2D eigenvalue weighted by atomic mass is 16.3. The van der Waals surface area contributed by atoms with E-state index in [9.17, 15) is 10.2 Å². The Morgan fingerprint density at radius 2 is 1.36 bits per heavy atom. The second-order valence-electron chi connectivity index (χ2n) is 6.32. The van der Waals surface area contributed by atoms with Gasteiger partial charge in [-0.2, -0.15) is 0 Å². The van der Waals surface area contributed by atoms with E-state index in [4.69, 9.17) is 0 Å². The van der Waals surface area contributed by atoms with E-state index in [-0.39, 0.29) is 12.1 Å². The fraction of sp³-hybridized carbons (Fsp3) is 0.474. The standard InChI is InChI=1S/C19H27NO2/c1-13(15(3)21)20(14(2)16(4)22)12-17-9-10-18-7-5-6-8-19(18)11-17/h5-11,13-16,21-22H,12H2,1-4H3. The minimum absolute atomic E-state index is 0.0175. The third-order valence-electron chi connectivity index (χ3n) is 4.62. The van der Waals surface area contributed by atoms with Crippen molar-refractivity contribution in [2.24, 2.45) is 0 Å². The quantitative estimate of drug-likeness (QED) is 0.861. The lowest BCUT2D eigenvalue weighted by atomic mass is 10.0.